The molecule has 0 aromatic carbocycles. The fourth-order valence-corrected chi connectivity index (χ4v) is 4.21. The number of likely N-dealkylation sites (tertiary alicyclic amines) is 1. The molecule has 0 N–H and O–H groups in total. The van der Waals surface area contributed by atoms with E-state index in [4.69, 9.17) is 0 Å². The summed E-state index contributed by atoms with van der Waals surface area (Å²) in [6.45, 7) is 12.5. The molecule has 1 aromatic rings. The molecule has 0 bridgehead atoms. The van der Waals surface area contributed by atoms with Gasteiger partial charge in [0.1, 0.15) is 0 Å². The van der Waals surface area contributed by atoms with Gasteiger partial charge in [0.25, 0.3) is 0 Å². The lowest BCUT2D eigenvalue weighted by Gasteiger charge is -2.32. The Morgan fingerprint density at radius 3 is 2.57 bits per heavy atom. The van der Waals surface area contributed by atoms with Crippen molar-refractivity contribution in [2.24, 2.45) is 5.41 Å². The first-order chi connectivity index (χ1) is 9.87. The summed E-state index contributed by atoms with van der Waals surface area (Å²) in [5.41, 5.74) is 3.61. The van der Waals surface area contributed by atoms with Crippen molar-refractivity contribution in [3.8, 4) is 0 Å². The number of hydrogen-bond donors (Lipinski definition) is 0. The van der Waals surface area contributed by atoms with Crippen LogP contribution < -0.4 is 0 Å². The molecule has 21 heavy (non-hydrogen) atoms. The van der Waals surface area contributed by atoms with Crippen LogP contribution in [0, 0.1) is 12.3 Å². The maximum atomic E-state index is 12.4. The molecule has 1 atom stereocenters. The summed E-state index contributed by atoms with van der Waals surface area (Å²) >= 11 is 0. The third-order valence-corrected chi connectivity index (χ3v) is 5.08. The van der Waals surface area contributed by atoms with Crippen molar-refractivity contribution in [2.75, 3.05) is 19.6 Å². The molecule has 3 rings (SSSR count). The van der Waals surface area contributed by atoms with Crippen LogP contribution in [-0.2, 0) is 6.42 Å². The Kier molecular flexibility index (Phi) is 3.73. The number of hydrogen-bond acceptors (Lipinski definition) is 2. The topological polar surface area (TPSA) is 25.2 Å². The summed E-state index contributed by atoms with van der Waals surface area (Å²) in [6, 6.07) is 2.57. The summed E-state index contributed by atoms with van der Waals surface area (Å²) in [5, 5.41) is 0. The largest absolute Gasteiger partial charge is 0.344 e. The van der Waals surface area contributed by atoms with Gasteiger partial charge in [-0.05, 0) is 57.7 Å². The zero-order valence-corrected chi connectivity index (χ0v) is 13.9. The zero-order chi connectivity index (χ0) is 15.2. The first-order valence-electron chi connectivity index (χ1n) is 8.34. The molecular weight excluding hydrogens is 260 g/mol. The van der Waals surface area contributed by atoms with E-state index in [1.54, 1.807) is 0 Å². The maximum absolute atomic E-state index is 12.4. The zero-order valence-electron chi connectivity index (χ0n) is 13.9. The summed E-state index contributed by atoms with van der Waals surface area (Å²) < 4.78 is 2.44. The molecule has 1 aliphatic heterocycles. The Morgan fingerprint density at radius 1 is 1.24 bits per heavy atom. The number of fused-ring (bicyclic) bond motifs is 1. The SMILES string of the molecule is Cc1cc2c(n1C(C)CN1CCCC1)CC(C)(C)CC2=O. The monoisotopic (exact) mass is 288 g/mol. The number of nitrogens with zero attached hydrogens (tertiary/aromatic N) is 2. The number of rotatable bonds is 3. The summed E-state index contributed by atoms with van der Waals surface area (Å²) in [5.74, 6) is 0.330. The molecule has 0 spiro atoms. The van der Waals surface area contributed by atoms with Gasteiger partial charge in [0.15, 0.2) is 5.78 Å². The minimum atomic E-state index is 0.0972. The first kappa shape index (κ1) is 14.8. The van der Waals surface area contributed by atoms with Gasteiger partial charge < -0.3 is 9.47 Å². The van der Waals surface area contributed by atoms with Gasteiger partial charge in [-0.15, -0.1) is 0 Å². The lowest BCUT2D eigenvalue weighted by atomic mass is 9.76. The molecule has 2 heterocycles. The highest BCUT2D eigenvalue weighted by atomic mass is 16.1. The molecule has 1 unspecified atom stereocenters. The minimum Gasteiger partial charge on any atom is -0.344 e. The van der Waals surface area contributed by atoms with Crippen LogP contribution in [0.3, 0.4) is 0 Å². The van der Waals surface area contributed by atoms with Crippen LogP contribution in [-0.4, -0.2) is 34.9 Å². The van der Waals surface area contributed by atoms with E-state index in [2.05, 4.69) is 43.2 Å². The van der Waals surface area contributed by atoms with Gasteiger partial charge in [-0.3, -0.25) is 4.79 Å². The van der Waals surface area contributed by atoms with Gasteiger partial charge >= 0.3 is 0 Å². The van der Waals surface area contributed by atoms with E-state index in [1.807, 2.05) is 0 Å². The highest BCUT2D eigenvalue weighted by Crippen LogP contribution is 2.37. The average Bonchev–Trinajstić information content (AvgIpc) is 2.95. The number of ketones is 1. The third kappa shape index (κ3) is 2.80. The van der Waals surface area contributed by atoms with Gasteiger partial charge in [-0.1, -0.05) is 13.8 Å². The Balaban J connectivity index is 1.90. The second kappa shape index (κ2) is 5.28. The Morgan fingerprint density at radius 2 is 1.90 bits per heavy atom. The minimum absolute atomic E-state index is 0.0972. The standard InChI is InChI=1S/C18H28N2O/c1-13-9-15-16(10-18(3,4)11-17(15)21)20(13)14(2)12-19-7-5-6-8-19/h9,14H,5-8,10-12H2,1-4H3. The van der Waals surface area contributed by atoms with Gasteiger partial charge in [0.05, 0.1) is 0 Å². The average molecular weight is 288 g/mol. The first-order valence-corrected chi connectivity index (χ1v) is 8.34. The molecule has 2 aliphatic rings. The number of carbonyl (C=O) groups excluding carboxylic acids is 1. The van der Waals surface area contributed by atoms with E-state index in [9.17, 15) is 4.79 Å². The van der Waals surface area contributed by atoms with Gasteiger partial charge in [-0.2, -0.15) is 0 Å². The van der Waals surface area contributed by atoms with Crippen molar-refractivity contribution in [1.29, 1.82) is 0 Å². The van der Waals surface area contributed by atoms with Gasteiger partial charge in [0.2, 0.25) is 0 Å². The summed E-state index contributed by atoms with van der Waals surface area (Å²) in [7, 11) is 0. The molecule has 3 heteroatoms. The van der Waals surface area contributed by atoms with Gasteiger partial charge in [0, 0.05) is 36.0 Å². The van der Waals surface area contributed by atoms with E-state index >= 15 is 0 Å². The molecule has 1 aliphatic carbocycles. The van der Waals surface area contributed by atoms with Gasteiger partial charge in [-0.25, -0.2) is 0 Å². The smallest absolute Gasteiger partial charge is 0.165 e. The second-order valence-corrected chi connectivity index (χ2v) is 7.81. The van der Waals surface area contributed by atoms with Crippen LogP contribution in [0.2, 0.25) is 0 Å². The highest BCUT2D eigenvalue weighted by molar-refractivity contribution is 5.99. The fraction of sp³-hybridized carbons (Fsp3) is 0.722. The maximum Gasteiger partial charge on any atom is 0.165 e. The number of aryl methyl sites for hydroxylation is 1. The molecule has 1 fully saturated rings. The molecule has 3 nitrogen and oxygen atoms in total. The van der Waals surface area contributed by atoms with Crippen molar-refractivity contribution in [3.63, 3.8) is 0 Å². The van der Waals surface area contributed by atoms with E-state index < -0.39 is 0 Å². The molecule has 0 amide bonds. The van der Waals surface area contributed by atoms with Crippen LogP contribution in [0.1, 0.15) is 67.8 Å². The lowest BCUT2D eigenvalue weighted by Crippen LogP contribution is -2.32. The Hall–Kier alpha value is -1.09. The quantitative estimate of drug-likeness (QED) is 0.849. The number of aromatic nitrogens is 1. The van der Waals surface area contributed by atoms with E-state index in [1.165, 1.54) is 37.3 Å². The molecule has 1 saturated heterocycles. The van der Waals surface area contributed by atoms with E-state index in [0.29, 0.717) is 18.2 Å². The van der Waals surface area contributed by atoms with Crippen LogP contribution >= 0.6 is 0 Å². The van der Waals surface area contributed by atoms with Crippen LogP contribution in [0.4, 0.5) is 0 Å². The van der Waals surface area contributed by atoms with Crippen LogP contribution in [0.5, 0.6) is 0 Å². The number of Topliss-reactive ketones (excluding diaryl/α,β-unsaturated/α-hetero) is 1. The molecule has 0 radical (unpaired) electrons. The predicted molar refractivity (Wildman–Crippen MR) is 86.0 cm³/mol. The predicted octanol–water partition coefficient (Wildman–Crippen LogP) is 3.61. The fourth-order valence-electron chi connectivity index (χ4n) is 4.21. The van der Waals surface area contributed by atoms with Crippen molar-refractivity contribution in [3.05, 3.63) is 23.0 Å². The van der Waals surface area contributed by atoms with E-state index in [0.717, 1.165) is 18.5 Å². The van der Waals surface area contributed by atoms with Crippen molar-refractivity contribution in [1.82, 2.24) is 9.47 Å². The lowest BCUT2D eigenvalue weighted by molar-refractivity contribution is 0.0909. The Bertz CT molecular complexity index is 550. The third-order valence-electron chi connectivity index (χ3n) is 5.08. The van der Waals surface area contributed by atoms with E-state index in [-0.39, 0.29) is 5.41 Å². The summed E-state index contributed by atoms with van der Waals surface area (Å²) in [6.07, 6.45) is 4.37. The Labute approximate surface area is 128 Å². The molecule has 1 aromatic heterocycles. The molecule has 116 valence electrons. The van der Waals surface area contributed by atoms with Crippen LogP contribution in [0.25, 0.3) is 0 Å². The molecule has 0 saturated carbocycles. The normalized spacial score (nSPS) is 23.3. The summed E-state index contributed by atoms with van der Waals surface area (Å²) in [4.78, 5) is 15.0. The van der Waals surface area contributed by atoms with Crippen molar-refractivity contribution in [2.45, 2.75) is 59.4 Å². The van der Waals surface area contributed by atoms with Crippen LogP contribution in [0.15, 0.2) is 6.07 Å². The van der Waals surface area contributed by atoms with Crippen molar-refractivity contribution < 1.29 is 4.79 Å². The van der Waals surface area contributed by atoms with Crippen molar-refractivity contribution >= 4 is 5.78 Å². The number of carbonyl (C=O) groups is 1. The highest BCUT2D eigenvalue weighted by Gasteiger charge is 2.34. The molecular formula is C18H28N2O. The second-order valence-electron chi connectivity index (χ2n) is 7.81.